The largest absolute Gasteiger partial charge is 0.488 e. The third-order valence-electron chi connectivity index (χ3n) is 2.48. The predicted molar refractivity (Wildman–Crippen MR) is 74.2 cm³/mol. The standard InChI is InChI=1S/C12H13BrN4O2/c1-17-6-8(5-15-17)7-19-11-3-2-9(13)4-10(11)12(14)16-18/h2-6,18H,7H2,1H3,(H2,14,16). The van der Waals surface area contributed by atoms with E-state index in [2.05, 4.69) is 26.2 Å². The molecule has 0 saturated heterocycles. The minimum atomic E-state index is 0.00230. The van der Waals surface area contributed by atoms with Crippen molar-refractivity contribution in [3.8, 4) is 5.75 Å². The Labute approximate surface area is 118 Å². The van der Waals surface area contributed by atoms with Gasteiger partial charge in [0.25, 0.3) is 0 Å². The molecule has 0 saturated carbocycles. The van der Waals surface area contributed by atoms with Crippen molar-refractivity contribution in [1.82, 2.24) is 9.78 Å². The topological polar surface area (TPSA) is 85.7 Å². The second-order valence-electron chi connectivity index (χ2n) is 3.94. The predicted octanol–water partition coefficient (Wildman–Crippen LogP) is 1.86. The SMILES string of the molecule is Cn1cc(COc2ccc(Br)cc2/C(N)=N/O)cn1. The monoisotopic (exact) mass is 324 g/mol. The van der Waals surface area contributed by atoms with Gasteiger partial charge in [-0.2, -0.15) is 5.10 Å². The average molecular weight is 325 g/mol. The number of hydrogen-bond acceptors (Lipinski definition) is 4. The van der Waals surface area contributed by atoms with Crippen molar-refractivity contribution in [3.05, 3.63) is 46.2 Å². The lowest BCUT2D eigenvalue weighted by Crippen LogP contribution is -2.14. The average Bonchev–Trinajstić information content (AvgIpc) is 2.82. The summed E-state index contributed by atoms with van der Waals surface area (Å²) in [4.78, 5) is 0. The zero-order valence-corrected chi connectivity index (χ0v) is 11.8. The smallest absolute Gasteiger partial charge is 0.173 e. The summed E-state index contributed by atoms with van der Waals surface area (Å²) in [6.07, 6.45) is 3.59. The number of rotatable bonds is 4. The van der Waals surface area contributed by atoms with E-state index in [-0.39, 0.29) is 5.84 Å². The van der Waals surface area contributed by atoms with Crippen molar-refractivity contribution in [2.24, 2.45) is 17.9 Å². The molecule has 0 spiro atoms. The van der Waals surface area contributed by atoms with E-state index in [9.17, 15) is 0 Å². The Balaban J connectivity index is 2.20. The molecule has 2 rings (SSSR count). The quantitative estimate of drug-likeness (QED) is 0.389. The number of halogens is 1. The fourth-order valence-electron chi connectivity index (χ4n) is 1.59. The van der Waals surface area contributed by atoms with Crippen LogP contribution in [0.1, 0.15) is 11.1 Å². The molecule has 2 aromatic rings. The van der Waals surface area contributed by atoms with E-state index in [1.54, 1.807) is 23.0 Å². The van der Waals surface area contributed by atoms with Gasteiger partial charge >= 0.3 is 0 Å². The van der Waals surface area contributed by atoms with Gasteiger partial charge in [0.2, 0.25) is 0 Å². The molecular formula is C12H13BrN4O2. The van der Waals surface area contributed by atoms with Crippen molar-refractivity contribution < 1.29 is 9.94 Å². The molecule has 0 bridgehead atoms. The highest BCUT2D eigenvalue weighted by Gasteiger charge is 2.10. The second kappa shape index (κ2) is 5.75. The van der Waals surface area contributed by atoms with Gasteiger partial charge in [-0.25, -0.2) is 0 Å². The van der Waals surface area contributed by atoms with Crippen LogP contribution in [0.2, 0.25) is 0 Å². The maximum Gasteiger partial charge on any atom is 0.173 e. The Hall–Kier alpha value is -2.02. The first-order valence-electron chi connectivity index (χ1n) is 5.48. The van der Waals surface area contributed by atoms with Crippen LogP contribution in [0.15, 0.2) is 40.2 Å². The first kappa shape index (κ1) is 13.4. The number of aromatic nitrogens is 2. The minimum Gasteiger partial charge on any atom is -0.488 e. The van der Waals surface area contributed by atoms with Gasteiger partial charge < -0.3 is 15.7 Å². The molecule has 0 aliphatic rings. The number of nitrogens with zero attached hydrogens (tertiary/aromatic N) is 3. The van der Waals surface area contributed by atoms with Gasteiger partial charge in [-0.05, 0) is 18.2 Å². The molecule has 1 aromatic carbocycles. The Kier molecular flexibility index (Phi) is 4.06. The molecule has 0 amide bonds. The Bertz CT molecular complexity index is 610. The summed E-state index contributed by atoms with van der Waals surface area (Å²) in [5.41, 5.74) is 7.09. The second-order valence-corrected chi connectivity index (χ2v) is 4.85. The number of aryl methyl sites for hydroxylation is 1. The summed E-state index contributed by atoms with van der Waals surface area (Å²) >= 11 is 3.33. The van der Waals surface area contributed by atoms with Crippen LogP contribution >= 0.6 is 15.9 Å². The number of ether oxygens (including phenoxy) is 1. The highest BCUT2D eigenvalue weighted by molar-refractivity contribution is 9.10. The van der Waals surface area contributed by atoms with E-state index in [0.29, 0.717) is 17.9 Å². The molecule has 19 heavy (non-hydrogen) atoms. The third-order valence-corrected chi connectivity index (χ3v) is 2.97. The van der Waals surface area contributed by atoms with Crippen LogP contribution < -0.4 is 10.5 Å². The summed E-state index contributed by atoms with van der Waals surface area (Å²) < 4.78 is 8.19. The summed E-state index contributed by atoms with van der Waals surface area (Å²) in [5, 5.41) is 15.8. The fourth-order valence-corrected chi connectivity index (χ4v) is 1.95. The van der Waals surface area contributed by atoms with Gasteiger partial charge in [0.15, 0.2) is 5.84 Å². The van der Waals surface area contributed by atoms with Crippen molar-refractivity contribution in [2.45, 2.75) is 6.61 Å². The van der Waals surface area contributed by atoms with E-state index in [1.165, 1.54) is 0 Å². The van der Waals surface area contributed by atoms with Gasteiger partial charge in [-0.15, -0.1) is 0 Å². The fraction of sp³-hybridized carbons (Fsp3) is 0.167. The van der Waals surface area contributed by atoms with Crippen LogP contribution in [-0.2, 0) is 13.7 Å². The lowest BCUT2D eigenvalue weighted by molar-refractivity contribution is 0.303. The van der Waals surface area contributed by atoms with Crippen molar-refractivity contribution >= 4 is 21.8 Å². The van der Waals surface area contributed by atoms with Crippen LogP contribution in [0.25, 0.3) is 0 Å². The first-order chi connectivity index (χ1) is 9.10. The highest BCUT2D eigenvalue weighted by atomic mass is 79.9. The Morgan fingerprint density at radius 3 is 3.00 bits per heavy atom. The molecule has 0 fully saturated rings. The molecule has 100 valence electrons. The molecule has 1 aromatic heterocycles. The molecule has 1 heterocycles. The van der Waals surface area contributed by atoms with E-state index in [1.807, 2.05) is 19.3 Å². The number of oxime groups is 1. The number of amidine groups is 1. The van der Waals surface area contributed by atoms with Crippen LogP contribution in [0.4, 0.5) is 0 Å². The molecule has 7 heteroatoms. The van der Waals surface area contributed by atoms with Crippen molar-refractivity contribution in [2.75, 3.05) is 0 Å². The normalized spacial score (nSPS) is 11.6. The lowest BCUT2D eigenvalue weighted by atomic mass is 10.2. The van der Waals surface area contributed by atoms with Crippen LogP contribution in [0.3, 0.4) is 0 Å². The zero-order chi connectivity index (χ0) is 13.8. The summed E-state index contributed by atoms with van der Waals surface area (Å²) in [6.45, 7) is 0.362. The van der Waals surface area contributed by atoms with Crippen molar-refractivity contribution in [1.29, 1.82) is 0 Å². The third kappa shape index (κ3) is 3.25. The maximum absolute atomic E-state index is 8.77. The summed E-state index contributed by atoms with van der Waals surface area (Å²) in [6, 6.07) is 5.31. The molecule has 0 atom stereocenters. The zero-order valence-electron chi connectivity index (χ0n) is 10.2. The van der Waals surface area contributed by atoms with Gasteiger partial charge in [0.05, 0.1) is 11.8 Å². The molecule has 3 N–H and O–H groups in total. The summed E-state index contributed by atoms with van der Waals surface area (Å²) in [7, 11) is 1.84. The van der Waals surface area contributed by atoms with Gasteiger partial charge in [0.1, 0.15) is 12.4 Å². The van der Waals surface area contributed by atoms with E-state index in [4.69, 9.17) is 15.7 Å². The molecular weight excluding hydrogens is 312 g/mol. The minimum absolute atomic E-state index is 0.00230. The molecule has 0 unspecified atom stereocenters. The molecule has 0 radical (unpaired) electrons. The van der Waals surface area contributed by atoms with E-state index >= 15 is 0 Å². The number of nitrogens with two attached hydrogens (primary N) is 1. The molecule has 0 aliphatic carbocycles. The van der Waals surface area contributed by atoms with Crippen molar-refractivity contribution in [3.63, 3.8) is 0 Å². The van der Waals surface area contributed by atoms with Crippen LogP contribution in [-0.4, -0.2) is 20.8 Å². The first-order valence-corrected chi connectivity index (χ1v) is 6.27. The van der Waals surface area contributed by atoms with E-state index < -0.39 is 0 Å². The van der Waals surface area contributed by atoms with Gasteiger partial charge in [-0.1, -0.05) is 21.1 Å². The van der Waals surface area contributed by atoms with Crippen LogP contribution in [0, 0.1) is 0 Å². The van der Waals surface area contributed by atoms with Gasteiger partial charge in [0, 0.05) is 23.3 Å². The number of hydrogen-bond donors (Lipinski definition) is 2. The summed E-state index contributed by atoms with van der Waals surface area (Å²) in [5.74, 6) is 0.546. The highest BCUT2D eigenvalue weighted by Crippen LogP contribution is 2.24. The van der Waals surface area contributed by atoms with Crippen LogP contribution in [0.5, 0.6) is 5.75 Å². The molecule has 0 aliphatic heterocycles. The maximum atomic E-state index is 8.77. The number of benzene rings is 1. The van der Waals surface area contributed by atoms with Gasteiger partial charge in [-0.3, -0.25) is 4.68 Å². The van der Waals surface area contributed by atoms with E-state index in [0.717, 1.165) is 10.0 Å². The Morgan fingerprint density at radius 2 is 2.37 bits per heavy atom. The molecule has 6 nitrogen and oxygen atoms in total. The Morgan fingerprint density at radius 1 is 1.58 bits per heavy atom. The lowest BCUT2D eigenvalue weighted by Gasteiger charge is -2.10.